The Hall–Kier alpha value is -1.24. The predicted octanol–water partition coefficient (Wildman–Crippen LogP) is 10.5. The SMILES string of the molecule is C=C.C=C(C)C(=C)C.CC.CC.CC(C)=C(C)N(C)C.CCCCC(C)(C)CC. The molecule has 0 fully saturated rings. The van der Waals surface area contributed by atoms with E-state index >= 15 is 0 Å². The third-order valence-electron chi connectivity index (χ3n) is 4.29. The van der Waals surface area contributed by atoms with E-state index in [1.54, 1.807) is 0 Å². The van der Waals surface area contributed by atoms with Gasteiger partial charge < -0.3 is 4.90 Å². The molecule has 0 aromatic rings. The minimum Gasteiger partial charge on any atom is -0.381 e. The van der Waals surface area contributed by atoms with Gasteiger partial charge in [-0.05, 0) is 46.5 Å². The van der Waals surface area contributed by atoms with E-state index < -0.39 is 0 Å². The van der Waals surface area contributed by atoms with E-state index in [0.29, 0.717) is 5.41 Å². The highest BCUT2D eigenvalue weighted by Gasteiger charge is 2.12. The van der Waals surface area contributed by atoms with Crippen LogP contribution in [-0.2, 0) is 0 Å². The Morgan fingerprint density at radius 2 is 1.07 bits per heavy atom. The number of rotatable bonds is 6. The summed E-state index contributed by atoms with van der Waals surface area (Å²) in [4.78, 5) is 2.12. The van der Waals surface area contributed by atoms with Gasteiger partial charge in [0.05, 0.1) is 0 Å². The highest BCUT2D eigenvalue weighted by atomic mass is 15.1. The fourth-order valence-corrected chi connectivity index (χ4v) is 1.28. The molecule has 0 atom stereocenters. The van der Waals surface area contributed by atoms with Crippen LogP contribution in [0.25, 0.3) is 0 Å². The second-order valence-electron chi connectivity index (χ2n) is 7.66. The van der Waals surface area contributed by atoms with Crippen LogP contribution in [-0.4, -0.2) is 19.0 Å². The highest BCUT2D eigenvalue weighted by molar-refractivity contribution is 5.19. The van der Waals surface area contributed by atoms with Gasteiger partial charge in [0.15, 0.2) is 0 Å². The van der Waals surface area contributed by atoms with Crippen LogP contribution in [0.5, 0.6) is 0 Å². The molecule has 178 valence electrons. The van der Waals surface area contributed by atoms with Crippen LogP contribution >= 0.6 is 0 Å². The van der Waals surface area contributed by atoms with E-state index in [9.17, 15) is 0 Å². The smallest absolute Gasteiger partial charge is 0.00821 e. The van der Waals surface area contributed by atoms with Crippen LogP contribution in [0.2, 0.25) is 0 Å². The molecule has 1 heteroatoms. The maximum absolute atomic E-state index is 3.66. The lowest BCUT2D eigenvalue weighted by Crippen LogP contribution is -2.08. The van der Waals surface area contributed by atoms with Crippen LogP contribution in [0.3, 0.4) is 0 Å². The van der Waals surface area contributed by atoms with Gasteiger partial charge in [0.1, 0.15) is 0 Å². The van der Waals surface area contributed by atoms with Crippen molar-refractivity contribution in [2.75, 3.05) is 14.1 Å². The van der Waals surface area contributed by atoms with Crippen molar-refractivity contribution < 1.29 is 0 Å². The Balaban J connectivity index is -0.0000000611. The molecule has 0 saturated heterocycles. The van der Waals surface area contributed by atoms with E-state index in [1.807, 2.05) is 41.5 Å². The Kier molecular flexibility index (Phi) is 45.5. The second-order valence-corrected chi connectivity index (χ2v) is 7.66. The molecule has 0 unspecified atom stereocenters. The quantitative estimate of drug-likeness (QED) is 0.310. The summed E-state index contributed by atoms with van der Waals surface area (Å²) in [6.45, 7) is 40.8. The molecule has 0 amide bonds. The van der Waals surface area contributed by atoms with Gasteiger partial charge in [0, 0.05) is 19.8 Å². The summed E-state index contributed by atoms with van der Waals surface area (Å²) in [6, 6.07) is 0. The van der Waals surface area contributed by atoms with Crippen molar-refractivity contribution in [3.63, 3.8) is 0 Å². The standard InChI is InChI=1S/C9H20.C7H15N.C6H10.2C2H6.C2H4/c1-5-7-8-9(3,4)6-2;1-6(2)7(3)8(4)5;1-5(2)6(3)4;3*1-2/h5-8H2,1-4H3;1-5H3;1,3H2,2,4H3;2*1-2H3;1-2H2. The molecule has 0 bridgehead atoms. The van der Waals surface area contributed by atoms with E-state index in [2.05, 4.69) is 93.8 Å². The Bertz CT molecular complexity index is 354. The van der Waals surface area contributed by atoms with Crippen molar-refractivity contribution >= 4 is 0 Å². The largest absolute Gasteiger partial charge is 0.381 e. The lowest BCUT2D eigenvalue weighted by Gasteiger charge is -2.21. The number of hydrogen-bond acceptors (Lipinski definition) is 1. The van der Waals surface area contributed by atoms with Crippen molar-refractivity contribution in [3.8, 4) is 0 Å². The van der Waals surface area contributed by atoms with E-state index in [-0.39, 0.29) is 0 Å². The summed E-state index contributed by atoms with van der Waals surface area (Å²) in [6.07, 6.45) is 5.43. The third-order valence-corrected chi connectivity index (χ3v) is 4.29. The molecule has 29 heavy (non-hydrogen) atoms. The van der Waals surface area contributed by atoms with Crippen LogP contribution in [0.4, 0.5) is 0 Å². The monoisotopic (exact) mass is 411 g/mol. The number of allylic oxidation sites excluding steroid dienone is 4. The van der Waals surface area contributed by atoms with Gasteiger partial charge in [0.2, 0.25) is 0 Å². The third kappa shape index (κ3) is 46.6. The molecular formula is C28H61N. The zero-order chi connectivity index (χ0) is 25.2. The summed E-state index contributed by atoms with van der Waals surface area (Å²) in [5, 5.41) is 0. The lowest BCUT2D eigenvalue weighted by atomic mass is 9.85. The fourth-order valence-electron chi connectivity index (χ4n) is 1.28. The van der Waals surface area contributed by atoms with Crippen molar-refractivity contribution in [1.82, 2.24) is 4.90 Å². The summed E-state index contributed by atoms with van der Waals surface area (Å²) in [5.74, 6) is 0. The average molecular weight is 412 g/mol. The second kappa shape index (κ2) is 31.5. The molecule has 0 saturated carbocycles. The molecule has 0 aliphatic rings. The average Bonchev–Trinajstić information content (AvgIpc) is 2.71. The lowest BCUT2D eigenvalue weighted by molar-refractivity contribution is 0.311. The van der Waals surface area contributed by atoms with E-state index in [4.69, 9.17) is 0 Å². The molecule has 0 heterocycles. The first kappa shape index (κ1) is 42.0. The maximum Gasteiger partial charge on any atom is 0.00821 e. The Labute approximate surface area is 189 Å². The molecule has 0 spiro atoms. The molecule has 0 rings (SSSR count). The summed E-state index contributed by atoms with van der Waals surface area (Å²) in [5.41, 5.74) is 5.46. The normalized spacial score (nSPS) is 8.24. The summed E-state index contributed by atoms with van der Waals surface area (Å²) in [7, 11) is 4.12. The summed E-state index contributed by atoms with van der Waals surface area (Å²) >= 11 is 0. The molecule has 0 radical (unpaired) electrons. The molecule has 0 aromatic heterocycles. The molecule has 0 aliphatic carbocycles. The fraction of sp³-hybridized carbons (Fsp3) is 0.714. The van der Waals surface area contributed by atoms with Crippen LogP contribution in [0.15, 0.2) is 48.7 Å². The first-order valence-electron chi connectivity index (χ1n) is 11.4. The van der Waals surface area contributed by atoms with Crippen molar-refractivity contribution in [3.05, 3.63) is 48.7 Å². The first-order valence-corrected chi connectivity index (χ1v) is 11.4. The van der Waals surface area contributed by atoms with Gasteiger partial charge in [0.25, 0.3) is 0 Å². The molecule has 0 N–H and O–H groups in total. The van der Waals surface area contributed by atoms with Gasteiger partial charge in [-0.3, -0.25) is 0 Å². The van der Waals surface area contributed by atoms with E-state index in [1.165, 1.54) is 37.0 Å². The Morgan fingerprint density at radius 3 is 1.17 bits per heavy atom. The minimum atomic E-state index is 0.593. The highest BCUT2D eigenvalue weighted by Crippen LogP contribution is 2.26. The van der Waals surface area contributed by atoms with Gasteiger partial charge in [-0.25, -0.2) is 0 Å². The van der Waals surface area contributed by atoms with Crippen LogP contribution in [0, 0.1) is 5.41 Å². The predicted molar refractivity (Wildman–Crippen MR) is 145 cm³/mol. The number of unbranched alkanes of at least 4 members (excludes halogenated alkanes) is 1. The van der Waals surface area contributed by atoms with Crippen molar-refractivity contribution in [2.24, 2.45) is 5.41 Å². The Morgan fingerprint density at radius 1 is 0.759 bits per heavy atom. The van der Waals surface area contributed by atoms with Gasteiger partial charge in [-0.1, -0.05) is 105 Å². The summed E-state index contributed by atoms with van der Waals surface area (Å²) < 4.78 is 0. The van der Waals surface area contributed by atoms with Gasteiger partial charge in [-0.15, -0.1) is 13.2 Å². The molecule has 0 aliphatic heterocycles. The van der Waals surface area contributed by atoms with Gasteiger partial charge >= 0.3 is 0 Å². The number of nitrogens with zero attached hydrogens (tertiary/aromatic N) is 1. The van der Waals surface area contributed by atoms with Crippen LogP contribution in [0.1, 0.15) is 116 Å². The van der Waals surface area contributed by atoms with Gasteiger partial charge in [-0.2, -0.15) is 0 Å². The molecule has 1 nitrogen and oxygen atoms in total. The zero-order valence-electron chi connectivity index (χ0n) is 23.6. The first-order chi connectivity index (χ1) is 13.3. The van der Waals surface area contributed by atoms with Crippen molar-refractivity contribution in [2.45, 2.75) is 116 Å². The maximum atomic E-state index is 3.66. The van der Waals surface area contributed by atoms with Crippen molar-refractivity contribution in [1.29, 1.82) is 0 Å². The van der Waals surface area contributed by atoms with E-state index in [0.717, 1.165) is 11.1 Å². The minimum absolute atomic E-state index is 0.593. The number of hydrogen-bond donors (Lipinski definition) is 0. The molecular weight excluding hydrogens is 350 g/mol. The topological polar surface area (TPSA) is 3.24 Å². The van der Waals surface area contributed by atoms with Crippen LogP contribution < -0.4 is 0 Å². The zero-order valence-corrected chi connectivity index (χ0v) is 23.6. The molecule has 0 aromatic carbocycles.